The number of nitrogens with zero attached hydrogens (tertiary/aromatic N) is 3. The number of anilines is 2. The van der Waals surface area contributed by atoms with Gasteiger partial charge in [0.05, 0.1) is 5.69 Å². The predicted octanol–water partition coefficient (Wildman–Crippen LogP) is 2.40. The van der Waals surface area contributed by atoms with Crippen LogP contribution in [0.2, 0.25) is 0 Å². The van der Waals surface area contributed by atoms with E-state index >= 15 is 0 Å². The van der Waals surface area contributed by atoms with Gasteiger partial charge in [0.25, 0.3) is 0 Å². The van der Waals surface area contributed by atoms with Crippen LogP contribution in [0.25, 0.3) is 11.3 Å². The minimum Gasteiger partial charge on any atom is -0.368 e. The SMILES string of the molecule is Nc1nc2c(c(N3CCNCC3)n1)CCCCCc1ccccc1-2. The summed E-state index contributed by atoms with van der Waals surface area (Å²) in [6.07, 6.45) is 5.81. The second-order valence-corrected chi connectivity index (χ2v) is 6.69. The van der Waals surface area contributed by atoms with Gasteiger partial charge in [-0.2, -0.15) is 4.98 Å². The van der Waals surface area contributed by atoms with Gasteiger partial charge < -0.3 is 16.0 Å². The second kappa shape index (κ2) is 6.77. The Balaban J connectivity index is 1.88. The summed E-state index contributed by atoms with van der Waals surface area (Å²) in [5.74, 6) is 1.44. The zero-order valence-corrected chi connectivity index (χ0v) is 14.1. The highest BCUT2D eigenvalue weighted by Gasteiger charge is 2.22. The molecule has 2 aliphatic rings. The zero-order chi connectivity index (χ0) is 16.4. The van der Waals surface area contributed by atoms with Crippen molar-refractivity contribution in [1.82, 2.24) is 15.3 Å². The first-order chi connectivity index (χ1) is 11.8. The molecule has 3 N–H and O–H groups in total. The van der Waals surface area contributed by atoms with Crippen molar-refractivity contribution in [2.45, 2.75) is 32.1 Å². The Morgan fingerprint density at radius 1 is 0.958 bits per heavy atom. The van der Waals surface area contributed by atoms with E-state index in [1.807, 2.05) is 0 Å². The molecule has 0 bridgehead atoms. The van der Waals surface area contributed by atoms with Gasteiger partial charge in [0, 0.05) is 37.3 Å². The molecule has 1 saturated heterocycles. The lowest BCUT2D eigenvalue weighted by Crippen LogP contribution is -2.44. The first-order valence-corrected chi connectivity index (χ1v) is 9.03. The van der Waals surface area contributed by atoms with Crippen LogP contribution in [-0.4, -0.2) is 36.1 Å². The normalized spacial score (nSPS) is 18.1. The van der Waals surface area contributed by atoms with Crippen LogP contribution in [0.1, 0.15) is 30.4 Å². The number of nitrogen functional groups attached to an aromatic ring is 1. The number of hydrogen-bond donors (Lipinski definition) is 2. The minimum atomic E-state index is 0.385. The molecule has 1 aliphatic heterocycles. The molecule has 0 unspecified atom stereocenters. The number of fused-ring (bicyclic) bond motifs is 3. The van der Waals surface area contributed by atoms with Gasteiger partial charge >= 0.3 is 0 Å². The molecule has 0 radical (unpaired) electrons. The van der Waals surface area contributed by atoms with E-state index in [4.69, 9.17) is 5.73 Å². The van der Waals surface area contributed by atoms with Gasteiger partial charge in [-0.15, -0.1) is 0 Å². The van der Waals surface area contributed by atoms with Crippen molar-refractivity contribution < 1.29 is 0 Å². The monoisotopic (exact) mass is 323 g/mol. The highest BCUT2D eigenvalue weighted by Crippen LogP contribution is 2.34. The third-order valence-electron chi connectivity index (χ3n) is 5.06. The topological polar surface area (TPSA) is 67.1 Å². The van der Waals surface area contributed by atoms with Crippen molar-refractivity contribution >= 4 is 11.8 Å². The first kappa shape index (κ1) is 15.4. The van der Waals surface area contributed by atoms with Crippen LogP contribution in [0, 0.1) is 0 Å². The Labute approximate surface area is 143 Å². The lowest BCUT2D eigenvalue weighted by Gasteiger charge is -2.31. The molecule has 5 heteroatoms. The third kappa shape index (κ3) is 2.96. The molecule has 5 nitrogen and oxygen atoms in total. The average molecular weight is 323 g/mol. The molecule has 0 atom stereocenters. The summed E-state index contributed by atoms with van der Waals surface area (Å²) in [4.78, 5) is 11.7. The van der Waals surface area contributed by atoms with E-state index in [1.54, 1.807) is 0 Å². The van der Waals surface area contributed by atoms with Gasteiger partial charge in [-0.05, 0) is 31.2 Å². The number of nitrogens with two attached hydrogens (primary N) is 1. The Bertz CT molecular complexity index is 722. The fourth-order valence-electron chi connectivity index (χ4n) is 3.84. The Morgan fingerprint density at radius 3 is 2.62 bits per heavy atom. The van der Waals surface area contributed by atoms with Crippen molar-refractivity contribution in [3.05, 3.63) is 35.4 Å². The number of nitrogens with one attached hydrogen (secondary N) is 1. The Morgan fingerprint density at radius 2 is 1.75 bits per heavy atom. The van der Waals surface area contributed by atoms with E-state index in [0.29, 0.717) is 5.95 Å². The van der Waals surface area contributed by atoms with Crippen LogP contribution >= 0.6 is 0 Å². The van der Waals surface area contributed by atoms with Crippen molar-refractivity contribution in [3.8, 4) is 11.3 Å². The van der Waals surface area contributed by atoms with Crippen LogP contribution in [-0.2, 0) is 12.8 Å². The average Bonchev–Trinajstić information content (AvgIpc) is 2.71. The molecule has 2 aromatic rings. The highest BCUT2D eigenvalue weighted by atomic mass is 15.2. The van der Waals surface area contributed by atoms with E-state index in [-0.39, 0.29) is 0 Å². The highest BCUT2D eigenvalue weighted by molar-refractivity contribution is 5.73. The van der Waals surface area contributed by atoms with Crippen molar-refractivity contribution in [3.63, 3.8) is 0 Å². The van der Waals surface area contributed by atoms with E-state index in [2.05, 4.69) is 44.5 Å². The summed E-state index contributed by atoms with van der Waals surface area (Å²) in [6, 6.07) is 8.64. The summed E-state index contributed by atoms with van der Waals surface area (Å²) in [5.41, 5.74) is 11.1. The molecule has 0 saturated carbocycles. The number of aromatic nitrogens is 2. The van der Waals surface area contributed by atoms with Gasteiger partial charge in [-0.1, -0.05) is 30.7 Å². The van der Waals surface area contributed by atoms with Crippen molar-refractivity contribution in [2.24, 2.45) is 0 Å². The largest absolute Gasteiger partial charge is 0.368 e. The van der Waals surface area contributed by atoms with E-state index in [0.717, 1.165) is 50.5 Å². The Hall–Kier alpha value is -2.14. The molecule has 1 aromatic carbocycles. The molecule has 0 spiro atoms. The van der Waals surface area contributed by atoms with Crippen LogP contribution in [0.4, 0.5) is 11.8 Å². The lowest BCUT2D eigenvalue weighted by molar-refractivity contribution is 0.581. The zero-order valence-electron chi connectivity index (χ0n) is 14.1. The van der Waals surface area contributed by atoms with Gasteiger partial charge in [0.15, 0.2) is 0 Å². The molecular weight excluding hydrogens is 298 g/mol. The summed E-state index contributed by atoms with van der Waals surface area (Å²) >= 11 is 0. The smallest absolute Gasteiger partial charge is 0.222 e. The molecule has 1 aromatic heterocycles. The predicted molar refractivity (Wildman–Crippen MR) is 98.2 cm³/mol. The standard InChI is InChI=1S/C19H25N5/c20-19-22-17-15-8-5-4-7-14(15)6-2-1-3-9-16(17)18(23-19)24-12-10-21-11-13-24/h4-5,7-8,21H,1-3,6,9-13H2,(H2,20,22,23). The fraction of sp³-hybridized carbons (Fsp3) is 0.474. The lowest BCUT2D eigenvalue weighted by atomic mass is 9.97. The van der Waals surface area contributed by atoms with Gasteiger partial charge in [0.2, 0.25) is 5.95 Å². The maximum atomic E-state index is 6.11. The van der Waals surface area contributed by atoms with Gasteiger partial charge in [-0.25, -0.2) is 4.98 Å². The summed E-state index contributed by atoms with van der Waals surface area (Å²) in [5, 5.41) is 3.41. The number of piperazine rings is 1. The van der Waals surface area contributed by atoms with Crippen LogP contribution in [0.5, 0.6) is 0 Å². The van der Waals surface area contributed by atoms with Gasteiger partial charge in [-0.3, -0.25) is 0 Å². The first-order valence-electron chi connectivity index (χ1n) is 9.03. The molecule has 4 rings (SSSR count). The molecule has 1 aliphatic carbocycles. The molecule has 1 fully saturated rings. The molecule has 126 valence electrons. The van der Waals surface area contributed by atoms with E-state index < -0.39 is 0 Å². The Kier molecular flexibility index (Phi) is 4.34. The number of rotatable bonds is 1. The maximum Gasteiger partial charge on any atom is 0.222 e. The third-order valence-corrected chi connectivity index (χ3v) is 5.06. The minimum absolute atomic E-state index is 0.385. The molecule has 24 heavy (non-hydrogen) atoms. The van der Waals surface area contributed by atoms with Crippen molar-refractivity contribution in [2.75, 3.05) is 36.8 Å². The number of benzene rings is 1. The second-order valence-electron chi connectivity index (χ2n) is 6.69. The quantitative estimate of drug-likeness (QED) is 0.843. The van der Waals surface area contributed by atoms with Crippen LogP contribution in [0.15, 0.2) is 24.3 Å². The van der Waals surface area contributed by atoms with E-state index in [9.17, 15) is 0 Å². The summed E-state index contributed by atoms with van der Waals surface area (Å²) < 4.78 is 0. The molecule has 0 amide bonds. The van der Waals surface area contributed by atoms with Crippen molar-refractivity contribution in [1.29, 1.82) is 0 Å². The van der Waals surface area contributed by atoms with E-state index in [1.165, 1.54) is 36.0 Å². The fourth-order valence-corrected chi connectivity index (χ4v) is 3.84. The van der Waals surface area contributed by atoms with Crippen LogP contribution in [0.3, 0.4) is 0 Å². The summed E-state index contributed by atoms with van der Waals surface area (Å²) in [6.45, 7) is 3.94. The number of aryl methyl sites for hydroxylation is 1. The maximum absolute atomic E-state index is 6.11. The van der Waals surface area contributed by atoms with Crippen LogP contribution < -0.4 is 16.0 Å². The number of hydrogen-bond acceptors (Lipinski definition) is 5. The molecule has 2 heterocycles. The van der Waals surface area contributed by atoms with Gasteiger partial charge in [0.1, 0.15) is 5.82 Å². The summed E-state index contributed by atoms with van der Waals surface area (Å²) in [7, 11) is 0. The molecular formula is C19H25N5.